The lowest BCUT2D eigenvalue weighted by Gasteiger charge is -2.15. The van der Waals surface area contributed by atoms with Crippen LogP contribution in [0.2, 0.25) is 0 Å². The Hall–Kier alpha value is -2.77. The second-order valence-electron chi connectivity index (χ2n) is 6.45. The zero-order valence-electron chi connectivity index (χ0n) is 16.6. The number of fused-ring (bicyclic) bond motifs is 1. The van der Waals surface area contributed by atoms with Gasteiger partial charge in [-0.3, -0.25) is 5.26 Å². The van der Waals surface area contributed by atoms with Crippen LogP contribution in [0.15, 0.2) is 51.2 Å². The quantitative estimate of drug-likeness (QED) is 0.279. The maximum atomic E-state index is 11.7. The molecule has 0 aliphatic carbocycles. The fraction of sp³-hybridized carbons (Fsp3) is 0.381. The monoisotopic (exact) mass is 390 g/mol. The fourth-order valence-corrected chi connectivity index (χ4v) is 2.73. The van der Waals surface area contributed by atoms with Gasteiger partial charge < -0.3 is 18.6 Å². The molecule has 7 nitrogen and oxygen atoms in total. The Morgan fingerprint density at radius 3 is 2.57 bits per heavy atom. The fourth-order valence-electron chi connectivity index (χ4n) is 2.73. The Labute approximate surface area is 163 Å². The predicted molar refractivity (Wildman–Crippen MR) is 106 cm³/mol. The third kappa shape index (κ3) is 5.15. The van der Waals surface area contributed by atoms with Gasteiger partial charge in [-0.05, 0) is 44.4 Å². The van der Waals surface area contributed by atoms with Crippen LogP contribution in [0.3, 0.4) is 0 Å². The minimum atomic E-state index is -0.491. The largest absolute Gasteiger partial charge is 0.496 e. The van der Waals surface area contributed by atoms with E-state index in [1.165, 1.54) is 20.3 Å². The molecule has 0 spiro atoms. The maximum Gasteiger partial charge on any atom is 0.336 e. The molecule has 0 aliphatic rings. The van der Waals surface area contributed by atoms with Crippen molar-refractivity contribution in [2.75, 3.05) is 20.8 Å². The Kier molecular flexibility index (Phi) is 7.66. The molecule has 2 aromatic rings. The summed E-state index contributed by atoms with van der Waals surface area (Å²) in [6, 6.07) is 4.64. The van der Waals surface area contributed by atoms with Gasteiger partial charge >= 0.3 is 5.63 Å². The zero-order chi connectivity index (χ0) is 20.7. The zero-order valence-corrected chi connectivity index (χ0v) is 16.6. The third-order valence-corrected chi connectivity index (χ3v) is 4.37. The van der Waals surface area contributed by atoms with Gasteiger partial charge in [0.2, 0.25) is 5.75 Å². The Morgan fingerprint density at radius 2 is 1.96 bits per heavy atom. The molecule has 1 atom stereocenters. The van der Waals surface area contributed by atoms with Crippen molar-refractivity contribution in [1.82, 2.24) is 0 Å². The van der Waals surface area contributed by atoms with E-state index in [1.807, 2.05) is 13.0 Å². The van der Waals surface area contributed by atoms with E-state index < -0.39 is 11.7 Å². The molecular formula is C21H26O7. The molecule has 1 unspecified atom stereocenters. The van der Waals surface area contributed by atoms with E-state index >= 15 is 0 Å². The van der Waals surface area contributed by atoms with Crippen molar-refractivity contribution >= 4 is 11.0 Å². The average molecular weight is 390 g/mol. The number of ether oxygens (including phenoxy) is 3. The van der Waals surface area contributed by atoms with Crippen molar-refractivity contribution < 1.29 is 28.8 Å². The van der Waals surface area contributed by atoms with Crippen LogP contribution in [0.5, 0.6) is 17.2 Å². The molecule has 1 heterocycles. The predicted octanol–water partition coefficient (Wildman–Crippen LogP) is 4.35. The smallest absolute Gasteiger partial charge is 0.336 e. The number of rotatable bonds is 10. The Morgan fingerprint density at radius 1 is 1.25 bits per heavy atom. The summed E-state index contributed by atoms with van der Waals surface area (Å²) >= 11 is 0. The molecule has 28 heavy (non-hydrogen) atoms. The number of hydrogen-bond acceptors (Lipinski definition) is 7. The number of methoxy groups -OCH3 is 2. The summed E-state index contributed by atoms with van der Waals surface area (Å²) in [6.07, 6.45) is 2.82. The van der Waals surface area contributed by atoms with Crippen LogP contribution in [0.25, 0.3) is 11.0 Å². The SMILES string of the molecule is C=C(C)C(CC/C(C)=C/COc1c(OC)cc(OC)c2ccc(=O)oc12)OO. The van der Waals surface area contributed by atoms with Crippen molar-refractivity contribution in [2.45, 2.75) is 32.8 Å². The summed E-state index contributed by atoms with van der Waals surface area (Å²) in [6.45, 7) is 7.80. The molecule has 2 rings (SSSR count). The highest BCUT2D eigenvalue weighted by Gasteiger charge is 2.17. The minimum Gasteiger partial charge on any atom is -0.496 e. The topological polar surface area (TPSA) is 87.4 Å². The van der Waals surface area contributed by atoms with Gasteiger partial charge in [0.05, 0.1) is 19.6 Å². The van der Waals surface area contributed by atoms with E-state index in [4.69, 9.17) is 23.9 Å². The summed E-state index contributed by atoms with van der Waals surface area (Å²) < 4.78 is 21.9. The van der Waals surface area contributed by atoms with Crippen molar-refractivity contribution in [3.63, 3.8) is 0 Å². The number of hydrogen-bond donors (Lipinski definition) is 1. The third-order valence-electron chi connectivity index (χ3n) is 4.37. The summed E-state index contributed by atoms with van der Waals surface area (Å²) in [5.41, 5.74) is 1.59. The van der Waals surface area contributed by atoms with Gasteiger partial charge in [0.15, 0.2) is 11.3 Å². The molecule has 7 heteroatoms. The molecule has 0 radical (unpaired) electrons. The number of allylic oxidation sites excluding steroid dienone is 1. The van der Waals surface area contributed by atoms with Gasteiger partial charge in [-0.15, -0.1) is 0 Å². The Bertz CT molecular complexity index is 911. The lowest BCUT2D eigenvalue weighted by atomic mass is 10.0. The summed E-state index contributed by atoms with van der Waals surface area (Å²) in [4.78, 5) is 16.1. The van der Waals surface area contributed by atoms with Crippen LogP contribution in [-0.2, 0) is 4.89 Å². The van der Waals surface area contributed by atoms with E-state index in [0.29, 0.717) is 35.5 Å². The molecule has 0 bridgehead atoms. The molecule has 1 aromatic carbocycles. The van der Waals surface area contributed by atoms with Gasteiger partial charge in [0, 0.05) is 12.1 Å². The molecule has 1 N–H and O–H groups in total. The maximum absolute atomic E-state index is 11.7. The molecular weight excluding hydrogens is 364 g/mol. The molecule has 152 valence electrons. The van der Waals surface area contributed by atoms with Crippen LogP contribution >= 0.6 is 0 Å². The van der Waals surface area contributed by atoms with E-state index in [0.717, 1.165) is 11.1 Å². The highest BCUT2D eigenvalue weighted by molar-refractivity contribution is 5.91. The summed E-state index contributed by atoms with van der Waals surface area (Å²) in [5.74, 6) is 1.25. The van der Waals surface area contributed by atoms with E-state index in [-0.39, 0.29) is 12.2 Å². The first-order valence-electron chi connectivity index (χ1n) is 8.84. The summed E-state index contributed by atoms with van der Waals surface area (Å²) in [5, 5.41) is 9.51. The standard InChI is InChI=1S/C21H26O7/c1-13(2)16(28-23)8-6-14(3)10-11-26-21-18(25-5)12-17(24-4)15-7-9-19(22)27-20(15)21/h7,9-10,12,16,23H,1,6,8,11H2,2-5H3/b14-10+. The van der Waals surface area contributed by atoms with Crippen molar-refractivity contribution in [2.24, 2.45) is 0 Å². The van der Waals surface area contributed by atoms with Crippen molar-refractivity contribution in [1.29, 1.82) is 0 Å². The van der Waals surface area contributed by atoms with Crippen LogP contribution < -0.4 is 19.8 Å². The normalized spacial score (nSPS) is 12.7. The van der Waals surface area contributed by atoms with Crippen LogP contribution in [0, 0.1) is 0 Å². The highest BCUT2D eigenvalue weighted by Crippen LogP contribution is 2.40. The molecule has 0 saturated heterocycles. The molecule has 0 amide bonds. The minimum absolute atomic E-state index is 0.250. The lowest BCUT2D eigenvalue weighted by molar-refractivity contribution is -0.269. The van der Waals surface area contributed by atoms with Crippen LogP contribution in [0.4, 0.5) is 0 Å². The van der Waals surface area contributed by atoms with Crippen LogP contribution in [-0.4, -0.2) is 32.2 Å². The van der Waals surface area contributed by atoms with Gasteiger partial charge in [0.1, 0.15) is 18.5 Å². The van der Waals surface area contributed by atoms with E-state index in [2.05, 4.69) is 11.5 Å². The van der Waals surface area contributed by atoms with Crippen LogP contribution in [0.1, 0.15) is 26.7 Å². The first-order chi connectivity index (χ1) is 13.4. The van der Waals surface area contributed by atoms with Gasteiger partial charge in [0.25, 0.3) is 0 Å². The molecule has 0 fully saturated rings. The van der Waals surface area contributed by atoms with Crippen molar-refractivity contribution in [3.8, 4) is 17.2 Å². The van der Waals surface area contributed by atoms with E-state index in [1.54, 1.807) is 19.1 Å². The second-order valence-corrected chi connectivity index (χ2v) is 6.45. The van der Waals surface area contributed by atoms with Gasteiger partial charge in [-0.25, -0.2) is 9.68 Å². The molecule has 0 saturated carbocycles. The second kappa shape index (κ2) is 9.96. The van der Waals surface area contributed by atoms with Crippen molar-refractivity contribution in [3.05, 3.63) is 52.4 Å². The molecule has 0 aliphatic heterocycles. The first kappa shape index (κ1) is 21.5. The summed E-state index contributed by atoms with van der Waals surface area (Å²) in [7, 11) is 3.03. The number of benzene rings is 1. The highest BCUT2D eigenvalue weighted by atomic mass is 17.1. The van der Waals surface area contributed by atoms with Gasteiger partial charge in [-0.2, -0.15) is 0 Å². The lowest BCUT2D eigenvalue weighted by Crippen LogP contribution is -2.11. The first-order valence-corrected chi connectivity index (χ1v) is 8.84. The average Bonchev–Trinajstić information content (AvgIpc) is 2.67. The van der Waals surface area contributed by atoms with Gasteiger partial charge in [-0.1, -0.05) is 12.2 Å². The molecule has 1 aromatic heterocycles. The van der Waals surface area contributed by atoms with E-state index in [9.17, 15) is 4.79 Å². The Balaban J connectivity index is 2.20.